The van der Waals surface area contributed by atoms with Crippen LogP contribution in [0.2, 0.25) is 5.02 Å². The van der Waals surface area contributed by atoms with E-state index in [4.69, 9.17) is 16.7 Å². The van der Waals surface area contributed by atoms with Crippen molar-refractivity contribution in [3.05, 3.63) is 34.1 Å². The Hall–Kier alpha value is -1.09. The summed E-state index contributed by atoms with van der Waals surface area (Å²) in [5, 5.41) is 8.60. The molecule has 2 nitrogen and oxygen atoms in total. The Bertz CT molecular complexity index is 388. The first-order chi connectivity index (χ1) is 6.91. The van der Waals surface area contributed by atoms with E-state index in [2.05, 4.69) is 0 Å². The van der Waals surface area contributed by atoms with E-state index in [9.17, 15) is 9.18 Å². The van der Waals surface area contributed by atoms with Crippen molar-refractivity contribution >= 4 is 17.6 Å². The van der Waals surface area contributed by atoms with Crippen LogP contribution in [-0.2, 0) is 11.2 Å². The second-order valence-corrected chi connectivity index (χ2v) is 4.11. The molecule has 15 heavy (non-hydrogen) atoms. The number of rotatable bonds is 3. The van der Waals surface area contributed by atoms with Crippen LogP contribution >= 0.6 is 11.6 Å². The third-order valence-corrected chi connectivity index (χ3v) is 2.37. The zero-order chi connectivity index (χ0) is 11.6. The van der Waals surface area contributed by atoms with Crippen LogP contribution in [0.1, 0.15) is 30.9 Å². The van der Waals surface area contributed by atoms with Crippen molar-refractivity contribution in [2.45, 2.75) is 26.2 Å². The van der Waals surface area contributed by atoms with Gasteiger partial charge in [0.2, 0.25) is 0 Å². The van der Waals surface area contributed by atoms with Crippen molar-refractivity contribution in [2.24, 2.45) is 0 Å². The lowest BCUT2D eigenvalue weighted by molar-refractivity contribution is -0.136. The molecule has 4 heteroatoms. The molecule has 0 radical (unpaired) electrons. The van der Waals surface area contributed by atoms with Crippen LogP contribution in [0.3, 0.4) is 0 Å². The van der Waals surface area contributed by atoms with Crippen LogP contribution in [0, 0.1) is 5.82 Å². The van der Waals surface area contributed by atoms with Gasteiger partial charge in [0.05, 0.1) is 11.4 Å². The summed E-state index contributed by atoms with van der Waals surface area (Å²) < 4.78 is 13.5. The lowest BCUT2D eigenvalue weighted by atomic mass is 9.99. The van der Waals surface area contributed by atoms with E-state index in [-0.39, 0.29) is 17.4 Å². The molecule has 0 heterocycles. The number of hydrogen-bond donors (Lipinski definition) is 1. The van der Waals surface area contributed by atoms with Crippen LogP contribution in [0.25, 0.3) is 0 Å². The van der Waals surface area contributed by atoms with Crippen molar-refractivity contribution in [1.82, 2.24) is 0 Å². The third kappa shape index (κ3) is 2.93. The van der Waals surface area contributed by atoms with Gasteiger partial charge in [0.1, 0.15) is 5.82 Å². The van der Waals surface area contributed by atoms with Gasteiger partial charge in [0, 0.05) is 0 Å². The standard InChI is InChI=1S/C11H12ClFO2/c1-6(2)8-3-7(5-10(14)15)4-9(12)11(8)13/h3-4,6H,5H2,1-2H3,(H,14,15). The minimum Gasteiger partial charge on any atom is -0.481 e. The van der Waals surface area contributed by atoms with E-state index in [1.54, 1.807) is 6.07 Å². The van der Waals surface area contributed by atoms with Gasteiger partial charge < -0.3 is 5.11 Å². The van der Waals surface area contributed by atoms with Crippen LogP contribution in [0.5, 0.6) is 0 Å². The minimum absolute atomic E-state index is 0.0162. The van der Waals surface area contributed by atoms with E-state index in [1.165, 1.54) is 6.07 Å². The second-order valence-electron chi connectivity index (χ2n) is 3.71. The average molecular weight is 231 g/mol. The number of carbonyl (C=O) groups is 1. The second kappa shape index (κ2) is 4.62. The zero-order valence-electron chi connectivity index (χ0n) is 8.55. The molecule has 0 unspecified atom stereocenters. The van der Waals surface area contributed by atoms with Crippen LogP contribution in [-0.4, -0.2) is 11.1 Å². The Labute approximate surface area is 92.7 Å². The average Bonchev–Trinajstić information content (AvgIpc) is 2.09. The quantitative estimate of drug-likeness (QED) is 0.866. The van der Waals surface area contributed by atoms with Gasteiger partial charge in [-0.3, -0.25) is 4.79 Å². The molecule has 0 saturated carbocycles. The molecule has 0 bridgehead atoms. The molecular formula is C11H12ClFO2. The molecule has 1 N–H and O–H groups in total. The van der Waals surface area contributed by atoms with Gasteiger partial charge in [-0.15, -0.1) is 0 Å². The molecule has 1 aromatic rings. The zero-order valence-corrected chi connectivity index (χ0v) is 9.31. The molecule has 0 spiro atoms. The summed E-state index contributed by atoms with van der Waals surface area (Å²) in [7, 11) is 0. The van der Waals surface area contributed by atoms with Crippen molar-refractivity contribution in [3.8, 4) is 0 Å². The largest absolute Gasteiger partial charge is 0.481 e. The monoisotopic (exact) mass is 230 g/mol. The first-order valence-electron chi connectivity index (χ1n) is 4.61. The lowest BCUT2D eigenvalue weighted by Gasteiger charge is -2.10. The Morgan fingerprint density at radius 3 is 2.60 bits per heavy atom. The maximum Gasteiger partial charge on any atom is 0.307 e. The molecule has 0 saturated heterocycles. The van der Waals surface area contributed by atoms with Gasteiger partial charge in [-0.25, -0.2) is 4.39 Å². The maximum absolute atomic E-state index is 13.5. The first-order valence-corrected chi connectivity index (χ1v) is 4.99. The normalized spacial score (nSPS) is 10.7. The highest BCUT2D eigenvalue weighted by molar-refractivity contribution is 6.30. The highest BCUT2D eigenvalue weighted by atomic mass is 35.5. The van der Waals surface area contributed by atoms with E-state index in [0.29, 0.717) is 11.1 Å². The van der Waals surface area contributed by atoms with Gasteiger partial charge in [0.25, 0.3) is 0 Å². The summed E-state index contributed by atoms with van der Waals surface area (Å²) >= 11 is 5.68. The predicted molar refractivity (Wildman–Crippen MR) is 56.8 cm³/mol. The van der Waals surface area contributed by atoms with Crippen LogP contribution < -0.4 is 0 Å². The number of benzene rings is 1. The molecule has 1 rings (SSSR count). The number of carboxylic acid groups (broad SMARTS) is 1. The SMILES string of the molecule is CC(C)c1cc(CC(=O)O)cc(Cl)c1F. The van der Waals surface area contributed by atoms with Gasteiger partial charge >= 0.3 is 5.97 Å². The Kier molecular flexibility index (Phi) is 3.69. The fraction of sp³-hybridized carbons (Fsp3) is 0.364. The summed E-state index contributed by atoms with van der Waals surface area (Å²) in [6.45, 7) is 3.67. The molecule has 0 fully saturated rings. The Morgan fingerprint density at radius 2 is 2.13 bits per heavy atom. The van der Waals surface area contributed by atoms with E-state index < -0.39 is 11.8 Å². The van der Waals surface area contributed by atoms with Crippen molar-refractivity contribution in [3.63, 3.8) is 0 Å². The maximum atomic E-state index is 13.5. The van der Waals surface area contributed by atoms with Crippen LogP contribution in [0.15, 0.2) is 12.1 Å². The molecule has 0 aromatic heterocycles. The predicted octanol–water partition coefficient (Wildman–Crippen LogP) is 3.23. The summed E-state index contributed by atoms with van der Waals surface area (Å²) in [6.07, 6.45) is -0.139. The van der Waals surface area contributed by atoms with Gasteiger partial charge in [-0.05, 0) is 23.1 Å². The fourth-order valence-corrected chi connectivity index (χ4v) is 1.61. The molecule has 0 aliphatic heterocycles. The summed E-state index contributed by atoms with van der Waals surface area (Å²) in [5.41, 5.74) is 0.983. The number of aliphatic carboxylic acids is 1. The van der Waals surface area contributed by atoms with E-state index in [0.717, 1.165) is 0 Å². The summed E-state index contributed by atoms with van der Waals surface area (Å²) in [6, 6.07) is 2.91. The minimum atomic E-state index is -0.951. The van der Waals surface area contributed by atoms with Gasteiger partial charge in [-0.2, -0.15) is 0 Å². The summed E-state index contributed by atoms with van der Waals surface area (Å²) in [5.74, 6) is -1.43. The van der Waals surface area contributed by atoms with Crippen molar-refractivity contribution < 1.29 is 14.3 Å². The molecule has 1 aromatic carbocycles. The number of hydrogen-bond acceptors (Lipinski definition) is 1. The van der Waals surface area contributed by atoms with Crippen LogP contribution in [0.4, 0.5) is 4.39 Å². The number of halogens is 2. The topological polar surface area (TPSA) is 37.3 Å². The molecular weight excluding hydrogens is 219 g/mol. The third-order valence-electron chi connectivity index (χ3n) is 2.09. The molecule has 0 atom stereocenters. The molecule has 0 aliphatic carbocycles. The summed E-state index contributed by atoms with van der Waals surface area (Å²) in [4.78, 5) is 10.5. The Morgan fingerprint density at radius 1 is 1.53 bits per heavy atom. The lowest BCUT2D eigenvalue weighted by Crippen LogP contribution is -2.03. The van der Waals surface area contributed by atoms with E-state index in [1.807, 2.05) is 13.8 Å². The Balaban J connectivity index is 3.17. The molecule has 0 amide bonds. The highest BCUT2D eigenvalue weighted by Crippen LogP contribution is 2.26. The molecule has 0 aliphatic rings. The highest BCUT2D eigenvalue weighted by Gasteiger charge is 2.13. The number of carboxylic acids is 1. The molecule has 82 valence electrons. The fourth-order valence-electron chi connectivity index (χ4n) is 1.37. The first kappa shape index (κ1) is 12.0. The van der Waals surface area contributed by atoms with Gasteiger partial charge in [-0.1, -0.05) is 31.5 Å². The van der Waals surface area contributed by atoms with E-state index >= 15 is 0 Å². The van der Waals surface area contributed by atoms with Crippen molar-refractivity contribution in [1.29, 1.82) is 0 Å². The van der Waals surface area contributed by atoms with Crippen molar-refractivity contribution in [2.75, 3.05) is 0 Å². The smallest absolute Gasteiger partial charge is 0.307 e. The van der Waals surface area contributed by atoms with Gasteiger partial charge in [0.15, 0.2) is 0 Å².